The predicted octanol–water partition coefficient (Wildman–Crippen LogP) is 0.627. The van der Waals surface area contributed by atoms with Crippen LogP contribution in [0, 0.1) is 11.8 Å². The number of benzene rings is 1. The van der Waals surface area contributed by atoms with E-state index in [0.717, 1.165) is 18.7 Å². The Morgan fingerprint density at radius 2 is 2.00 bits per heavy atom. The summed E-state index contributed by atoms with van der Waals surface area (Å²) in [6.07, 6.45) is 0. The monoisotopic (exact) mass is 325 g/mol. The molecule has 2 unspecified atom stereocenters. The van der Waals surface area contributed by atoms with Gasteiger partial charge >= 0.3 is 0 Å². The van der Waals surface area contributed by atoms with E-state index in [9.17, 15) is 13.2 Å². The highest BCUT2D eigenvalue weighted by atomic mass is 32.2. The number of rotatable bonds is 6. The highest BCUT2D eigenvalue weighted by Crippen LogP contribution is 2.20. The summed E-state index contributed by atoms with van der Waals surface area (Å²) in [5.74, 6) is 0.331. The van der Waals surface area contributed by atoms with Crippen LogP contribution in [0.1, 0.15) is 25.5 Å². The number of sulfonamides is 1. The van der Waals surface area contributed by atoms with E-state index >= 15 is 0 Å². The van der Waals surface area contributed by atoms with Gasteiger partial charge in [0.25, 0.3) is 0 Å². The van der Waals surface area contributed by atoms with Crippen LogP contribution in [0.2, 0.25) is 0 Å². The fourth-order valence-corrected chi connectivity index (χ4v) is 3.16. The third-order valence-electron chi connectivity index (χ3n) is 4.23. The first-order valence-corrected chi connectivity index (χ1v) is 8.88. The van der Waals surface area contributed by atoms with Crippen LogP contribution in [0.4, 0.5) is 0 Å². The molecule has 1 fully saturated rings. The maximum atomic E-state index is 12.2. The number of hydrogen-bond acceptors (Lipinski definition) is 4. The molecule has 22 heavy (non-hydrogen) atoms. The minimum absolute atomic E-state index is 0.000812. The first kappa shape index (κ1) is 16.9. The standard InChI is InChI=1S/C15H23N3O3S/c1-10(13-8-17-9-13)15(19)18-11(2)12-5-4-6-14(7-12)22(20,21)16-3/h4-7,10-11,13,16-17H,8-9H2,1-3H3,(H,18,19). The average Bonchev–Trinajstić information content (AvgIpc) is 2.45. The van der Waals surface area contributed by atoms with Gasteiger partial charge in [-0.1, -0.05) is 19.1 Å². The second-order valence-electron chi connectivity index (χ2n) is 5.72. The van der Waals surface area contributed by atoms with Crippen molar-refractivity contribution >= 4 is 15.9 Å². The molecule has 2 atom stereocenters. The first-order chi connectivity index (χ1) is 10.3. The summed E-state index contributed by atoms with van der Waals surface area (Å²) in [6.45, 7) is 5.53. The van der Waals surface area contributed by atoms with Gasteiger partial charge in [-0.05, 0) is 50.7 Å². The van der Waals surface area contributed by atoms with Crippen molar-refractivity contribution < 1.29 is 13.2 Å². The fourth-order valence-electron chi connectivity index (χ4n) is 2.38. The second-order valence-corrected chi connectivity index (χ2v) is 7.60. The van der Waals surface area contributed by atoms with Gasteiger partial charge in [0, 0.05) is 5.92 Å². The third-order valence-corrected chi connectivity index (χ3v) is 5.64. The Hall–Kier alpha value is -1.44. The molecule has 0 aliphatic carbocycles. The number of carbonyl (C=O) groups is 1. The predicted molar refractivity (Wildman–Crippen MR) is 84.8 cm³/mol. The molecule has 1 aromatic carbocycles. The van der Waals surface area contributed by atoms with E-state index in [1.807, 2.05) is 19.9 Å². The molecule has 0 bridgehead atoms. The second kappa shape index (κ2) is 6.76. The highest BCUT2D eigenvalue weighted by Gasteiger charge is 2.29. The molecule has 1 saturated heterocycles. The number of hydrogen-bond donors (Lipinski definition) is 3. The van der Waals surface area contributed by atoms with E-state index < -0.39 is 10.0 Å². The lowest BCUT2D eigenvalue weighted by Gasteiger charge is -2.32. The van der Waals surface area contributed by atoms with Gasteiger partial charge in [-0.2, -0.15) is 0 Å². The SMILES string of the molecule is CNS(=O)(=O)c1cccc(C(C)NC(=O)C(C)C2CNC2)c1. The molecule has 3 N–H and O–H groups in total. The molecule has 2 rings (SSSR count). The van der Waals surface area contributed by atoms with E-state index in [1.54, 1.807) is 12.1 Å². The number of carbonyl (C=O) groups excluding carboxylic acids is 1. The Labute approximate surface area is 131 Å². The average molecular weight is 325 g/mol. The van der Waals surface area contributed by atoms with Crippen molar-refractivity contribution in [1.82, 2.24) is 15.4 Å². The van der Waals surface area contributed by atoms with Crippen molar-refractivity contribution in [3.05, 3.63) is 29.8 Å². The molecule has 1 amide bonds. The Morgan fingerprint density at radius 1 is 1.32 bits per heavy atom. The Kier molecular flexibility index (Phi) is 5.20. The quantitative estimate of drug-likeness (QED) is 0.716. The van der Waals surface area contributed by atoms with Gasteiger partial charge in [0.05, 0.1) is 10.9 Å². The van der Waals surface area contributed by atoms with Crippen molar-refractivity contribution in [3.8, 4) is 0 Å². The molecule has 0 saturated carbocycles. The van der Waals surface area contributed by atoms with E-state index in [2.05, 4.69) is 15.4 Å². The van der Waals surface area contributed by atoms with Crippen LogP contribution in [0.25, 0.3) is 0 Å². The maximum Gasteiger partial charge on any atom is 0.240 e. The summed E-state index contributed by atoms with van der Waals surface area (Å²) in [7, 11) is -2.10. The molecule has 1 heterocycles. The lowest BCUT2D eigenvalue weighted by atomic mass is 9.88. The van der Waals surface area contributed by atoms with Crippen molar-refractivity contribution in [2.75, 3.05) is 20.1 Å². The van der Waals surface area contributed by atoms with Crippen molar-refractivity contribution in [2.24, 2.45) is 11.8 Å². The Bertz CT molecular complexity index is 641. The molecule has 1 aliphatic heterocycles. The minimum Gasteiger partial charge on any atom is -0.349 e. The lowest BCUT2D eigenvalue weighted by molar-refractivity contribution is -0.127. The summed E-state index contributed by atoms with van der Waals surface area (Å²) >= 11 is 0. The minimum atomic E-state index is -3.48. The van der Waals surface area contributed by atoms with Crippen LogP contribution >= 0.6 is 0 Å². The van der Waals surface area contributed by atoms with Crippen LogP contribution in [0.5, 0.6) is 0 Å². The first-order valence-electron chi connectivity index (χ1n) is 7.39. The van der Waals surface area contributed by atoms with Gasteiger partial charge in [-0.15, -0.1) is 0 Å². The van der Waals surface area contributed by atoms with Crippen LogP contribution in [0.3, 0.4) is 0 Å². The highest BCUT2D eigenvalue weighted by molar-refractivity contribution is 7.89. The van der Waals surface area contributed by atoms with Crippen molar-refractivity contribution in [3.63, 3.8) is 0 Å². The molecule has 1 aromatic rings. The fraction of sp³-hybridized carbons (Fsp3) is 0.533. The van der Waals surface area contributed by atoms with Gasteiger partial charge in [-0.25, -0.2) is 13.1 Å². The van der Waals surface area contributed by atoms with Crippen molar-refractivity contribution in [2.45, 2.75) is 24.8 Å². The topological polar surface area (TPSA) is 87.3 Å². The number of nitrogens with one attached hydrogen (secondary N) is 3. The van der Waals surface area contributed by atoms with Crippen LogP contribution in [-0.2, 0) is 14.8 Å². The zero-order chi connectivity index (χ0) is 16.3. The van der Waals surface area contributed by atoms with Gasteiger partial charge in [0.1, 0.15) is 0 Å². The normalized spacial score (nSPS) is 18.3. The molecular formula is C15H23N3O3S. The molecule has 7 heteroatoms. The maximum absolute atomic E-state index is 12.2. The summed E-state index contributed by atoms with van der Waals surface area (Å²) in [4.78, 5) is 12.4. The lowest BCUT2D eigenvalue weighted by Crippen LogP contribution is -2.49. The molecular weight excluding hydrogens is 302 g/mol. The Balaban J connectivity index is 2.07. The van der Waals surface area contributed by atoms with Crippen molar-refractivity contribution in [1.29, 1.82) is 0 Å². The van der Waals surface area contributed by atoms with Gasteiger partial charge in [0.2, 0.25) is 15.9 Å². The molecule has 0 radical (unpaired) electrons. The number of amides is 1. The van der Waals surface area contributed by atoms with Crippen LogP contribution in [-0.4, -0.2) is 34.5 Å². The summed E-state index contributed by atoms with van der Waals surface area (Å²) in [5.41, 5.74) is 0.767. The zero-order valence-corrected chi connectivity index (χ0v) is 13.9. The summed E-state index contributed by atoms with van der Waals surface area (Å²) in [6, 6.07) is 6.38. The third kappa shape index (κ3) is 3.66. The van der Waals surface area contributed by atoms with Gasteiger partial charge in [-0.3, -0.25) is 4.79 Å². The largest absolute Gasteiger partial charge is 0.349 e. The summed E-state index contributed by atoms with van der Waals surface area (Å²) < 4.78 is 26.0. The zero-order valence-electron chi connectivity index (χ0n) is 13.1. The van der Waals surface area contributed by atoms with E-state index in [-0.39, 0.29) is 22.8 Å². The van der Waals surface area contributed by atoms with E-state index in [4.69, 9.17) is 0 Å². The summed E-state index contributed by atoms with van der Waals surface area (Å²) in [5, 5.41) is 6.12. The van der Waals surface area contributed by atoms with E-state index in [0.29, 0.717) is 5.92 Å². The van der Waals surface area contributed by atoms with Crippen LogP contribution < -0.4 is 15.4 Å². The molecule has 0 spiro atoms. The van der Waals surface area contributed by atoms with Gasteiger partial charge < -0.3 is 10.6 Å². The molecule has 122 valence electrons. The molecule has 6 nitrogen and oxygen atoms in total. The Morgan fingerprint density at radius 3 is 2.55 bits per heavy atom. The van der Waals surface area contributed by atoms with Crippen LogP contribution in [0.15, 0.2) is 29.2 Å². The smallest absolute Gasteiger partial charge is 0.240 e. The molecule has 1 aliphatic rings. The molecule has 0 aromatic heterocycles. The van der Waals surface area contributed by atoms with Gasteiger partial charge in [0.15, 0.2) is 0 Å². The van der Waals surface area contributed by atoms with E-state index in [1.165, 1.54) is 13.1 Å².